The molecule has 2 aromatic rings. The maximum Gasteiger partial charge on any atom is 0.423 e. The summed E-state index contributed by atoms with van der Waals surface area (Å²) in [5.74, 6) is -3.98. The van der Waals surface area contributed by atoms with Gasteiger partial charge in [0.2, 0.25) is 0 Å². The molecule has 0 aliphatic carbocycles. The summed E-state index contributed by atoms with van der Waals surface area (Å²) in [4.78, 5) is 22.5. The molecule has 0 aliphatic heterocycles. The Kier molecular flexibility index (Phi) is 6.91. The van der Waals surface area contributed by atoms with E-state index in [9.17, 15) is 32.3 Å². The van der Waals surface area contributed by atoms with Gasteiger partial charge in [0, 0.05) is 18.0 Å². The number of aromatic hydroxyl groups is 1. The van der Waals surface area contributed by atoms with Crippen LogP contribution in [0.1, 0.15) is 40.9 Å². The molecule has 0 spiro atoms. The molecule has 2 aromatic carbocycles. The highest BCUT2D eigenvalue weighted by Gasteiger charge is 2.39. The van der Waals surface area contributed by atoms with Crippen molar-refractivity contribution in [3.8, 4) is 11.5 Å². The number of Topliss-reactive ketones (excluding diaryl/α,β-unsaturated/α-hetero) is 1. The zero-order valence-electron chi connectivity index (χ0n) is 16.0. The molecule has 30 heavy (non-hydrogen) atoms. The fourth-order valence-electron chi connectivity index (χ4n) is 2.63. The summed E-state index contributed by atoms with van der Waals surface area (Å²) < 4.78 is 59.6. The molecule has 0 bridgehead atoms. The van der Waals surface area contributed by atoms with Crippen molar-refractivity contribution < 1.29 is 42.1 Å². The van der Waals surface area contributed by atoms with Gasteiger partial charge in [-0.3, -0.25) is 4.79 Å². The van der Waals surface area contributed by atoms with Crippen LogP contribution in [0.25, 0.3) is 0 Å². The number of phenols is 1. The molecule has 0 saturated carbocycles. The average Bonchev–Trinajstić information content (AvgIpc) is 2.63. The van der Waals surface area contributed by atoms with E-state index in [4.69, 9.17) is 9.84 Å². The Balaban J connectivity index is 2.28. The lowest BCUT2D eigenvalue weighted by Crippen LogP contribution is -2.20. The molecule has 3 N–H and O–H groups in total. The molecule has 0 radical (unpaired) electrons. The van der Waals surface area contributed by atoms with Crippen LogP contribution in [0, 0.1) is 11.7 Å². The van der Waals surface area contributed by atoms with Gasteiger partial charge in [-0.05, 0) is 23.8 Å². The SMILES string of the molecule is CC(C)C(=O)c1ccc(OCc2ccc(CNC(=O)O)c(F)c2)c(C(F)(F)F)c1O. The Hall–Kier alpha value is -3.30. The number of hydrogen-bond donors (Lipinski definition) is 3. The molecule has 162 valence electrons. The lowest BCUT2D eigenvalue weighted by atomic mass is 9.97. The molecular formula is C20H19F4NO5. The molecule has 0 unspecified atom stereocenters. The number of carboxylic acid groups (broad SMARTS) is 1. The highest BCUT2D eigenvalue weighted by molar-refractivity contribution is 6.00. The van der Waals surface area contributed by atoms with Crippen molar-refractivity contribution in [1.82, 2.24) is 5.32 Å². The molecule has 2 rings (SSSR count). The Morgan fingerprint density at radius 1 is 1.17 bits per heavy atom. The number of nitrogens with one attached hydrogen (secondary N) is 1. The van der Waals surface area contributed by atoms with E-state index in [0.717, 1.165) is 18.2 Å². The summed E-state index contributed by atoms with van der Waals surface area (Å²) >= 11 is 0. The molecule has 0 aliphatic rings. The monoisotopic (exact) mass is 429 g/mol. The Morgan fingerprint density at radius 3 is 2.37 bits per heavy atom. The number of ether oxygens (including phenoxy) is 1. The second kappa shape index (κ2) is 9.02. The van der Waals surface area contributed by atoms with Crippen molar-refractivity contribution in [1.29, 1.82) is 0 Å². The average molecular weight is 429 g/mol. The number of hydrogen-bond acceptors (Lipinski definition) is 4. The van der Waals surface area contributed by atoms with Crippen molar-refractivity contribution in [3.63, 3.8) is 0 Å². The minimum atomic E-state index is -5.00. The summed E-state index contributed by atoms with van der Waals surface area (Å²) in [6, 6.07) is 5.62. The standard InChI is InChI=1S/C20H19F4NO5/c1-10(2)17(26)13-5-6-15(16(18(13)27)20(22,23)24)30-9-11-3-4-12(14(21)7-11)8-25-19(28)29/h3-7,10,25,27H,8-9H2,1-2H3,(H,28,29). The van der Waals surface area contributed by atoms with E-state index in [1.165, 1.54) is 26.0 Å². The van der Waals surface area contributed by atoms with E-state index < -0.39 is 59.0 Å². The van der Waals surface area contributed by atoms with E-state index in [2.05, 4.69) is 0 Å². The van der Waals surface area contributed by atoms with Gasteiger partial charge in [0.05, 0.1) is 5.56 Å². The number of phenolic OH excluding ortho intramolecular Hbond substituents is 1. The summed E-state index contributed by atoms with van der Waals surface area (Å²) in [6.07, 6.45) is -6.33. The normalized spacial score (nSPS) is 11.4. The number of halogens is 4. The van der Waals surface area contributed by atoms with Crippen LogP contribution in [-0.2, 0) is 19.3 Å². The highest BCUT2D eigenvalue weighted by Crippen LogP contribution is 2.44. The third-order valence-electron chi connectivity index (χ3n) is 4.15. The minimum Gasteiger partial charge on any atom is -0.506 e. The molecular weight excluding hydrogens is 410 g/mol. The smallest absolute Gasteiger partial charge is 0.423 e. The number of benzene rings is 2. The first-order chi connectivity index (χ1) is 13.9. The van der Waals surface area contributed by atoms with Crippen molar-refractivity contribution in [2.24, 2.45) is 5.92 Å². The van der Waals surface area contributed by atoms with Gasteiger partial charge < -0.3 is 20.3 Å². The Labute approximate surface area is 169 Å². The highest BCUT2D eigenvalue weighted by atomic mass is 19.4. The topological polar surface area (TPSA) is 95.9 Å². The van der Waals surface area contributed by atoms with Gasteiger partial charge in [-0.1, -0.05) is 26.0 Å². The number of alkyl halides is 3. The molecule has 6 nitrogen and oxygen atoms in total. The first-order valence-electron chi connectivity index (χ1n) is 8.76. The summed E-state index contributed by atoms with van der Waals surface area (Å²) in [6.45, 7) is 2.25. The van der Waals surface area contributed by atoms with E-state index in [0.29, 0.717) is 0 Å². The molecule has 0 aromatic heterocycles. The largest absolute Gasteiger partial charge is 0.506 e. The quantitative estimate of drug-likeness (QED) is 0.437. The second-order valence-corrected chi connectivity index (χ2v) is 6.72. The molecule has 0 fully saturated rings. The van der Waals surface area contributed by atoms with Crippen molar-refractivity contribution in [3.05, 3.63) is 58.4 Å². The molecule has 1 amide bonds. The lowest BCUT2D eigenvalue weighted by molar-refractivity contribution is -0.140. The first kappa shape index (κ1) is 23.0. The van der Waals surface area contributed by atoms with Gasteiger partial charge in [0.1, 0.15) is 29.5 Å². The number of ketones is 1. The lowest BCUT2D eigenvalue weighted by Gasteiger charge is -2.18. The number of carbonyl (C=O) groups is 2. The molecule has 0 heterocycles. The zero-order valence-corrected chi connectivity index (χ0v) is 16.0. The van der Waals surface area contributed by atoms with Gasteiger partial charge >= 0.3 is 12.3 Å². The minimum absolute atomic E-state index is 0.0475. The second-order valence-electron chi connectivity index (χ2n) is 6.72. The van der Waals surface area contributed by atoms with Crippen molar-refractivity contribution in [2.45, 2.75) is 33.2 Å². The van der Waals surface area contributed by atoms with Crippen LogP contribution in [-0.4, -0.2) is 22.1 Å². The predicted octanol–water partition coefficient (Wildman–Crippen LogP) is 4.74. The van der Waals surface area contributed by atoms with E-state index >= 15 is 0 Å². The van der Waals surface area contributed by atoms with Crippen molar-refractivity contribution in [2.75, 3.05) is 0 Å². The van der Waals surface area contributed by atoms with Gasteiger partial charge in [0.25, 0.3) is 0 Å². The van der Waals surface area contributed by atoms with Crippen LogP contribution in [0.2, 0.25) is 0 Å². The van der Waals surface area contributed by atoms with Crippen LogP contribution >= 0.6 is 0 Å². The van der Waals surface area contributed by atoms with Crippen LogP contribution in [0.3, 0.4) is 0 Å². The van der Waals surface area contributed by atoms with E-state index in [-0.39, 0.29) is 17.7 Å². The van der Waals surface area contributed by atoms with Gasteiger partial charge in [-0.15, -0.1) is 0 Å². The Morgan fingerprint density at radius 2 is 1.83 bits per heavy atom. The molecule has 0 atom stereocenters. The van der Waals surface area contributed by atoms with Crippen LogP contribution in [0.4, 0.5) is 22.4 Å². The zero-order chi connectivity index (χ0) is 22.6. The Bertz CT molecular complexity index is 957. The predicted molar refractivity (Wildman–Crippen MR) is 97.9 cm³/mol. The summed E-state index contributed by atoms with van der Waals surface area (Å²) in [5, 5.41) is 20.6. The third-order valence-corrected chi connectivity index (χ3v) is 4.15. The van der Waals surface area contributed by atoms with Crippen molar-refractivity contribution >= 4 is 11.9 Å². The summed E-state index contributed by atoms with van der Waals surface area (Å²) in [5.41, 5.74) is -1.73. The fourth-order valence-corrected chi connectivity index (χ4v) is 2.63. The molecule has 0 saturated heterocycles. The number of carbonyl (C=O) groups excluding carboxylic acids is 1. The maximum atomic E-state index is 14.0. The number of rotatable bonds is 7. The van der Waals surface area contributed by atoms with Gasteiger partial charge in [0.15, 0.2) is 5.78 Å². The van der Waals surface area contributed by atoms with Crippen LogP contribution < -0.4 is 10.1 Å². The third kappa shape index (κ3) is 5.40. The first-order valence-corrected chi connectivity index (χ1v) is 8.76. The van der Waals surface area contributed by atoms with E-state index in [1.54, 1.807) is 0 Å². The summed E-state index contributed by atoms with van der Waals surface area (Å²) in [7, 11) is 0. The van der Waals surface area contributed by atoms with Crippen LogP contribution in [0.15, 0.2) is 30.3 Å². The maximum absolute atomic E-state index is 14.0. The number of amides is 1. The van der Waals surface area contributed by atoms with E-state index in [1.807, 2.05) is 5.32 Å². The van der Waals surface area contributed by atoms with Crippen LogP contribution in [0.5, 0.6) is 11.5 Å². The van der Waals surface area contributed by atoms with Gasteiger partial charge in [-0.2, -0.15) is 13.2 Å². The fraction of sp³-hybridized carbons (Fsp3) is 0.300. The molecule has 10 heteroatoms. The van der Waals surface area contributed by atoms with Gasteiger partial charge in [-0.25, -0.2) is 9.18 Å².